The molecular formula is C24H30N3O3+. The van der Waals surface area contributed by atoms with Gasteiger partial charge in [-0.1, -0.05) is 37.3 Å². The van der Waals surface area contributed by atoms with Crippen molar-refractivity contribution in [2.75, 3.05) is 19.8 Å². The number of amides is 3. The van der Waals surface area contributed by atoms with Crippen molar-refractivity contribution in [3.63, 3.8) is 0 Å². The van der Waals surface area contributed by atoms with E-state index in [0.717, 1.165) is 30.7 Å². The second-order valence-electron chi connectivity index (χ2n) is 8.05. The summed E-state index contributed by atoms with van der Waals surface area (Å²) in [5.74, 6) is 0.719. The van der Waals surface area contributed by atoms with E-state index in [0.29, 0.717) is 19.7 Å². The minimum Gasteiger partial charge on any atom is -0.494 e. The van der Waals surface area contributed by atoms with Gasteiger partial charge in [-0.05, 0) is 43.2 Å². The fraction of sp³-hybridized carbons (Fsp3) is 0.417. The van der Waals surface area contributed by atoms with E-state index in [1.165, 1.54) is 15.4 Å². The highest BCUT2D eigenvalue weighted by Crippen LogP contribution is 2.32. The van der Waals surface area contributed by atoms with Gasteiger partial charge in [0.15, 0.2) is 6.67 Å². The molecule has 2 aromatic rings. The molecule has 0 aliphatic carbocycles. The van der Waals surface area contributed by atoms with E-state index in [1.807, 2.05) is 56.3 Å². The smallest absolute Gasteiger partial charge is 0.329 e. The van der Waals surface area contributed by atoms with Gasteiger partial charge in [-0.25, -0.2) is 9.69 Å². The molecular weight excluding hydrogens is 378 g/mol. The highest BCUT2D eigenvalue weighted by Gasteiger charge is 2.52. The number of urea groups is 1. The van der Waals surface area contributed by atoms with Crippen LogP contribution in [-0.4, -0.2) is 36.7 Å². The maximum absolute atomic E-state index is 13.4. The molecule has 0 saturated carbocycles. The molecule has 158 valence electrons. The van der Waals surface area contributed by atoms with Crippen molar-refractivity contribution in [2.45, 2.75) is 44.7 Å². The number of nitrogens with zero attached hydrogens (tertiary/aromatic N) is 1. The van der Waals surface area contributed by atoms with E-state index in [2.05, 4.69) is 17.4 Å². The molecule has 3 atom stereocenters. The van der Waals surface area contributed by atoms with Crippen LogP contribution in [0.4, 0.5) is 4.79 Å². The monoisotopic (exact) mass is 408 g/mol. The molecule has 6 heteroatoms. The molecule has 30 heavy (non-hydrogen) atoms. The van der Waals surface area contributed by atoms with Gasteiger partial charge in [-0.15, -0.1) is 0 Å². The van der Waals surface area contributed by atoms with E-state index in [4.69, 9.17) is 4.74 Å². The third kappa shape index (κ3) is 3.56. The average molecular weight is 409 g/mol. The van der Waals surface area contributed by atoms with Crippen molar-refractivity contribution in [2.24, 2.45) is 0 Å². The van der Waals surface area contributed by atoms with Crippen LogP contribution in [0.1, 0.15) is 50.3 Å². The zero-order valence-electron chi connectivity index (χ0n) is 17.7. The van der Waals surface area contributed by atoms with E-state index < -0.39 is 5.54 Å². The summed E-state index contributed by atoms with van der Waals surface area (Å²) in [7, 11) is 0. The Morgan fingerprint density at radius 3 is 2.50 bits per heavy atom. The van der Waals surface area contributed by atoms with Gasteiger partial charge in [0.25, 0.3) is 5.91 Å². The first-order chi connectivity index (χ1) is 14.6. The zero-order chi connectivity index (χ0) is 21.1. The summed E-state index contributed by atoms with van der Waals surface area (Å²) in [6.07, 6.45) is 2.65. The van der Waals surface area contributed by atoms with Crippen LogP contribution in [0.5, 0.6) is 5.75 Å². The highest BCUT2D eigenvalue weighted by molar-refractivity contribution is 6.07. The topological polar surface area (TPSA) is 63.1 Å². The molecule has 0 aromatic heterocycles. The van der Waals surface area contributed by atoms with Crippen LogP contribution < -0.4 is 15.0 Å². The minimum absolute atomic E-state index is 0.147. The Kier molecular flexibility index (Phi) is 5.77. The average Bonchev–Trinajstić information content (AvgIpc) is 3.34. The molecule has 0 bridgehead atoms. The number of imide groups is 1. The Morgan fingerprint density at radius 2 is 1.83 bits per heavy atom. The summed E-state index contributed by atoms with van der Waals surface area (Å²) in [6, 6.07) is 17.7. The van der Waals surface area contributed by atoms with Gasteiger partial charge in [0, 0.05) is 18.4 Å². The number of hydrogen-bond acceptors (Lipinski definition) is 3. The number of benzene rings is 2. The second kappa shape index (κ2) is 8.48. The van der Waals surface area contributed by atoms with Crippen LogP contribution in [0, 0.1) is 0 Å². The standard InChI is InChI=1S/C24H29N3O3/c1-3-24(19-9-6-5-7-10-19)22(28)27(23(29)25-24)17-26-16-8-11-21(26)18-12-14-20(15-13-18)30-4-2/h5-7,9-10,12-15,21H,3-4,8,11,16-17H2,1-2H3,(H,25,29)/p+1/t21-,24+/m1/s1. The third-order valence-electron chi connectivity index (χ3n) is 6.41. The summed E-state index contributed by atoms with van der Waals surface area (Å²) < 4.78 is 5.55. The van der Waals surface area contributed by atoms with E-state index in [9.17, 15) is 9.59 Å². The molecule has 2 aliphatic rings. The summed E-state index contributed by atoms with van der Waals surface area (Å²) in [5, 5.41) is 2.99. The number of likely N-dealkylation sites (tertiary alicyclic amines) is 1. The van der Waals surface area contributed by atoms with Crippen LogP contribution in [0.15, 0.2) is 54.6 Å². The van der Waals surface area contributed by atoms with Crippen LogP contribution >= 0.6 is 0 Å². The molecule has 2 aromatic carbocycles. The van der Waals surface area contributed by atoms with Crippen molar-refractivity contribution in [1.82, 2.24) is 10.2 Å². The molecule has 1 unspecified atom stereocenters. The lowest BCUT2D eigenvalue weighted by Crippen LogP contribution is -3.12. The fourth-order valence-corrected chi connectivity index (χ4v) is 4.80. The highest BCUT2D eigenvalue weighted by atomic mass is 16.5. The fourth-order valence-electron chi connectivity index (χ4n) is 4.80. The normalized spacial score (nSPS) is 26.1. The van der Waals surface area contributed by atoms with Crippen LogP contribution in [0.25, 0.3) is 0 Å². The zero-order valence-corrected chi connectivity index (χ0v) is 17.7. The quantitative estimate of drug-likeness (QED) is 0.693. The number of rotatable bonds is 7. The predicted molar refractivity (Wildman–Crippen MR) is 114 cm³/mol. The third-order valence-corrected chi connectivity index (χ3v) is 6.41. The van der Waals surface area contributed by atoms with E-state index in [1.54, 1.807) is 0 Å². The number of quaternary nitrogens is 1. The van der Waals surface area contributed by atoms with Crippen molar-refractivity contribution < 1.29 is 19.2 Å². The molecule has 3 amide bonds. The molecule has 2 aliphatic heterocycles. The number of ether oxygens (including phenoxy) is 1. The molecule has 0 spiro atoms. The van der Waals surface area contributed by atoms with Gasteiger partial charge in [0.2, 0.25) is 0 Å². The van der Waals surface area contributed by atoms with Gasteiger partial charge in [-0.2, -0.15) is 0 Å². The Hall–Kier alpha value is -2.86. The molecule has 0 radical (unpaired) electrons. The number of hydrogen-bond donors (Lipinski definition) is 2. The molecule has 2 heterocycles. The van der Waals surface area contributed by atoms with Crippen LogP contribution in [0.3, 0.4) is 0 Å². The molecule has 2 fully saturated rings. The lowest BCUT2D eigenvalue weighted by atomic mass is 9.87. The number of carbonyl (C=O) groups excluding carboxylic acids is 2. The van der Waals surface area contributed by atoms with Gasteiger partial charge < -0.3 is 15.0 Å². The number of nitrogens with one attached hydrogen (secondary N) is 2. The predicted octanol–water partition coefficient (Wildman–Crippen LogP) is 2.62. The summed E-state index contributed by atoms with van der Waals surface area (Å²) in [4.78, 5) is 28.9. The van der Waals surface area contributed by atoms with Gasteiger partial charge in [0.05, 0.1) is 13.2 Å². The van der Waals surface area contributed by atoms with Crippen LogP contribution in [-0.2, 0) is 10.3 Å². The Bertz CT molecular complexity index is 900. The van der Waals surface area contributed by atoms with E-state index >= 15 is 0 Å². The Morgan fingerprint density at radius 1 is 1.10 bits per heavy atom. The maximum atomic E-state index is 13.4. The largest absolute Gasteiger partial charge is 0.494 e. The summed E-state index contributed by atoms with van der Waals surface area (Å²) in [5.41, 5.74) is 1.10. The SMILES string of the molecule is CCOc1ccc([C@H]2CCC[NH+]2CN2C(=O)N[C@@](CC)(c3ccccc3)C2=O)cc1. The van der Waals surface area contributed by atoms with Gasteiger partial charge in [0.1, 0.15) is 17.3 Å². The Labute approximate surface area is 177 Å². The summed E-state index contributed by atoms with van der Waals surface area (Å²) in [6.45, 7) is 5.89. The first-order valence-corrected chi connectivity index (χ1v) is 10.9. The Balaban J connectivity index is 1.53. The first kappa shape index (κ1) is 20.4. The first-order valence-electron chi connectivity index (χ1n) is 10.9. The number of carbonyl (C=O) groups is 2. The van der Waals surface area contributed by atoms with Gasteiger partial charge in [-0.3, -0.25) is 4.79 Å². The molecule has 6 nitrogen and oxygen atoms in total. The maximum Gasteiger partial charge on any atom is 0.329 e. The molecule has 2 N–H and O–H groups in total. The van der Waals surface area contributed by atoms with E-state index in [-0.39, 0.29) is 18.0 Å². The minimum atomic E-state index is -0.966. The molecule has 4 rings (SSSR count). The lowest BCUT2D eigenvalue weighted by Gasteiger charge is -2.28. The van der Waals surface area contributed by atoms with Crippen LogP contribution in [0.2, 0.25) is 0 Å². The lowest BCUT2D eigenvalue weighted by molar-refractivity contribution is -0.925. The van der Waals surface area contributed by atoms with Crippen molar-refractivity contribution in [3.05, 3.63) is 65.7 Å². The molecule has 2 saturated heterocycles. The van der Waals surface area contributed by atoms with Crippen molar-refractivity contribution in [3.8, 4) is 5.75 Å². The van der Waals surface area contributed by atoms with Crippen molar-refractivity contribution in [1.29, 1.82) is 0 Å². The second-order valence-corrected chi connectivity index (χ2v) is 8.05. The van der Waals surface area contributed by atoms with Gasteiger partial charge >= 0.3 is 6.03 Å². The summed E-state index contributed by atoms with van der Waals surface area (Å²) >= 11 is 0. The van der Waals surface area contributed by atoms with Crippen molar-refractivity contribution >= 4 is 11.9 Å².